The van der Waals surface area contributed by atoms with E-state index in [0.29, 0.717) is 5.92 Å². The van der Waals surface area contributed by atoms with Crippen molar-refractivity contribution in [2.24, 2.45) is 0 Å². The van der Waals surface area contributed by atoms with E-state index in [0.717, 1.165) is 32.0 Å². The molecular weight excluding hydrogens is 176 g/mol. The average Bonchev–Trinajstić information content (AvgIpc) is 2.98. The van der Waals surface area contributed by atoms with Crippen LogP contribution >= 0.6 is 0 Å². The van der Waals surface area contributed by atoms with Gasteiger partial charge in [0, 0.05) is 30.7 Å². The molecule has 76 valence electrons. The summed E-state index contributed by atoms with van der Waals surface area (Å²) in [5.74, 6) is 1.42. The van der Waals surface area contributed by atoms with E-state index in [1.165, 1.54) is 24.2 Å². The maximum absolute atomic E-state index is 5.35. The van der Waals surface area contributed by atoms with Gasteiger partial charge in [-0.25, -0.2) is 0 Å². The summed E-state index contributed by atoms with van der Waals surface area (Å²) in [6.45, 7) is 1.81. The van der Waals surface area contributed by atoms with Crippen molar-refractivity contribution in [3.05, 3.63) is 17.5 Å². The SMILES string of the molecule is c1c(C2CC2)n[nH]c1C1CCOCC1. The van der Waals surface area contributed by atoms with Gasteiger partial charge in [0.05, 0.1) is 5.69 Å². The third-order valence-corrected chi connectivity index (χ3v) is 3.27. The first-order valence-corrected chi connectivity index (χ1v) is 5.56. The van der Waals surface area contributed by atoms with Crippen LogP contribution in [0.2, 0.25) is 0 Å². The summed E-state index contributed by atoms with van der Waals surface area (Å²) in [6.07, 6.45) is 4.95. The van der Waals surface area contributed by atoms with Crippen LogP contribution in [0.25, 0.3) is 0 Å². The van der Waals surface area contributed by atoms with Gasteiger partial charge in [-0.15, -0.1) is 0 Å². The lowest BCUT2D eigenvalue weighted by Crippen LogP contribution is -2.14. The van der Waals surface area contributed by atoms with E-state index in [1.54, 1.807) is 0 Å². The van der Waals surface area contributed by atoms with E-state index < -0.39 is 0 Å². The second-order valence-corrected chi connectivity index (χ2v) is 4.41. The molecule has 1 saturated heterocycles. The molecule has 0 amide bonds. The van der Waals surface area contributed by atoms with Crippen molar-refractivity contribution in [1.29, 1.82) is 0 Å². The van der Waals surface area contributed by atoms with Gasteiger partial charge in [0.15, 0.2) is 0 Å². The van der Waals surface area contributed by atoms with E-state index in [9.17, 15) is 0 Å². The predicted octanol–water partition coefficient (Wildman–Crippen LogP) is 2.18. The zero-order valence-corrected chi connectivity index (χ0v) is 8.33. The molecule has 2 fully saturated rings. The molecule has 14 heavy (non-hydrogen) atoms. The summed E-state index contributed by atoms with van der Waals surface area (Å²) in [7, 11) is 0. The molecule has 2 aliphatic rings. The van der Waals surface area contributed by atoms with Crippen LogP contribution in [0.1, 0.15) is 48.9 Å². The number of nitrogens with zero attached hydrogens (tertiary/aromatic N) is 1. The van der Waals surface area contributed by atoms with Crippen molar-refractivity contribution in [2.75, 3.05) is 13.2 Å². The Hall–Kier alpha value is -0.830. The van der Waals surface area contributed by atoms with Crippen molar-refractivity contribution in [3.63, 3.8) is 0 Å². The monoisotopic (exact) mass is 192 g/mol. The van der Waals surface area contributed by atoms with Gasteiger partial charge in [-0.05, 0) is 31.7 Å². The highest BCUT2D eigenvalue weighted by atomic mass is 16.5. The topological polar surface area (TPSA) is 37.9 Å². The van der Waals surface area contributed by atoms with Crippen LogP contribution in [-0.2, 0) is 4.74 Å². The van der Waals surface area contributed by atoms with Gasteiger partial charge in [-0.1, -0.05) is 0 Å². The normalized spacial score (nSPS) is 24.0. The van der Waals surface area contributed by atoms with Crippen molar-refractivity contribution in [1.82, 2.24) is 10.2 Å². The Morgan fingerprint density at radius 2 is 1.93 bits per heavy atom. The summed E-state index contributed by atoms with van der Waals surface area (Å²) >= 11 is 0. The Morgan fingerprint density at radius 1 is 1.14 bits per heavy atom. The Balaban J connectivity index is 1.74. The summed E-state index contributed by atoms with van der Waals surface area (Å²) in [4.78, 5) is 0. The quantitative estimate of drug-likeness (QED) is 0.780. The van der Waals surface area contributed by atoms with Gasteiger partial charge in [0.1, 0.15) is 0 Å². The van der Waals surface area contributed by atoms with E-state index >= 15 is 0 Å². The lowest BCUT2D eigenvalue weighted by atomic mass is 9.96. The largest absolute Gasteiger partial charge is 0.381 e. The zero-order valence-electron chi connectivity index (χ0n) is 8.33. The zero-order chi connectivity index (χ0) is 9.38. The fourth-order valence-corrected chi connectivity index (χ4v) is 2.16. The number of aromatic amines is 1. The molecule has 0 unspecified atom stereocenters. The predicted molar refractivity (Wildman–Crippen MR) is 53.4 cm³/mol. The van der Waals surface area contributed by atoms with Gasteiger partial charge in [0.2, 0.25) is 0 Å². The highest BCUT2D eigenvalue weighted by Gasteiger charge is 2.27. The van der Waals surface area contributed by atoms with Crippen LogP contribution in [0.5, 0.6) is 0 Å². The average molecular weight is 192 g/mol. The lowest BCUT2D eigenvalue weighted by molar-refractivity contribution is 0.0845. The fraction of sp³-hybridized carbons (Fsp3) is 0.727. The van der Waals surface area contributed by atoms with E-state index in [-0.39, 0.29) is 0 Å². The molecule has 0 bridgehead atoms. The minimum absolute atomic E-state index is 0.656. The molecule has 1 aliphatic carbocycles. The first kappa shape index (κ1) is 8.48. The molecule has 1 saturated carbocycles. The second kappa shape index (κ2) is 3.39. The van der Waals surface area contributed by atoms with Crippen molar-refractivity contribution in [2.45, 2.75) is 37.5 Å². The van der Waals surface area contributed by atoms with Gasteiger partial charge in [-0.3, -0.25) is 5.10 Å². The molecular formula is C11H16N2O. The van der Waals surface area contributed by atoms with E-state index in [4.69, 9.17) is 4.74 Å². The molecule has 0 spiro atoms. The smallest absolute Gasteiger partial charge is 0.0655 e. The minimum Gasteiger partial charge on any atom is -0.381 e. The molecule has 3 rings (SSSR count). The number of ether oxygens (including phenoxy) is 1. The Labute approximate surface area is 83.9 Å². The van der Waals surface area contributed by atoms with Gasteiger partial charge in [0.25, 0.3) is 0 Å². The first-order valence-electron chi connectivity index (χ1n) is 5.56. The third-order valence-electron chi connectivity index (χ3n) is 3.27. The van der Waals surface area contributed by atoms with Gasteiger partial charge < -0.3 is 4.74 Å². The molecule has 0 atom stereocenters. The molecule has 0 aromatic carbocycles. The number of rotatable bonds is 2. The highest BCUT2D eigenvalue weighted by molar-refractivity contribution is 5.20. The van der Waals surface area contributed by atoms with Crippen LogP contribution in [-0.4, -0.2) is 23.4 Å². The Kier molecular flexibility index (Phi) is 2.05. The molecule has 1 aromatic heterocycles. The summed E-state index contributed by atoms with van der Waals surface area (Å²) < 4.78 is 5.35. The molecule has 1 aliphatic heterocycles. The maximum Gasteiger partial charge on any atom is 0.0655 e. The maximum atomic E-state index is 5.35. The highest BCUT2D eigenvalue weighted by Crippen LogP contribution is 2.40. The van der Waals surface area contributed by atoms with Crippen molar-refractivity contribution < 1.29 is 4.74 Å². The van der Waals surface area contributed by atoms with Gasteiger partial charge >= 0.3 is 0 Å². The van der Waals surface area contributed by atoms with Crippen LogP contribution in [0.4, 0.5) is 0 Å². The number of hydrogen-bond donors (Lipinski definition) is 1. The fourth-order valence-electron chi connectivity index (χ4n) is 2.16. The number of hydrogen-bond acceptors (Lipinski definition) is 2. The molecule has 1 aromatic rings. The van der Waals surface area contributed by atoms with E-state index in [1.807, 2.05) is 0 Å². The third kappa shape index (κ3) is 1.57. The molecule has 3 heteroatoms. The van der Waals surface area contributed by atoms with Crippen LogP contribution < -0.4 is 0 Å². The molecule has 1 N–H and O–H groups in total. The van der Waals surface area contributed by atoms with Crippen LogP contribution in [0, 0.1) is 0 Å². The summed E-state index contributed by atoms with van der Waals surface area (Å²) in [6, 6.07) is 2.27. The summed E-state index contributed by atoms with van der Waals surface area (Å²) in [5, 5.41) is 7.58. The number of aromatic nitrogens is 2. The first-order chi connectivity index (χ1) is 6.93. The van der Waals surface area contributed by atoms with Crippen LogP contribution in [0.3, 0.4) is 0 Å². The second-order valence-electron chi connectivity index (χ2n) is 4.41. The van der Waals surface area contributed by atoms with Gasteiger partial charge in [-0.2, -0.15) is 5.10 Å². The Morgan fingerprint density at radius 3 is 2.64 bits per heavy atom. The molecule has 0 radical (unpaired) electrons. The van der Waals surface area contributed by atoms with E-state index in [2.05, 4.69) is 16.3 Å². The molecule has 2 heterocycles. The Bertz CT molecular complexity index is 311. The van der Waals surface area contributed by atoms with Crippen molar-refractivity contribution >= 4 is 0 Å². The lowest BCUT2D eigenvalue weighted by Gasteiger charge is -2.20. The number of H-pyrrole nitrogens is 1. The standard InChI is InChI=1S/C11H16N2O/c1-2-8(1)10-7-11(13-12-10)9-3-5-14-6-4-9/h7-9H,1-6H2,(H,12,13). The number of nitrogens with one attached hydrogen (secondary N) is 1. The molecule has 3 nitrogen and oxygen atoms in total. The summed E-state index contributed by atoms with van der Waals surface area (Å²) in [5.41, 5.74) is 2.61. The van der Waals surface area contributed by atoms with Crippen molar-refractivity contribution in [3.8, 4) is 0 Å². The minimum atomic E-state index is 0.656. The van der Waals surface area contributed by atoms with Crippen LogP contribution in [0.15, 0.2) is 6.07 Å².